The topological polar surface area (TPSA) is 85.7 Å². The van der Waals surface area contributed by atoms with Crippen molar-refractivity contribution in [3.8, 4) is 17.8 Å². The first kappa shape index (κ1) is 16.6. The van der Waals surface area contributed by atoms with E-state index in [-0.39, 0.29) is 24.7 Å². The molecule has 0 aliphatic heterocycles. The smallest absolute Gasteiger partial charge is 0.234 e. The molecule has 1 aromatic carbocycles. The maximum absolute atomic E-state index is 12.1. The highest BCUT2D eigenvalue weighted by atomic mass is 32.2. The van der Waals surface area contributed by atoms with Crippen molar-refractivity contribution in [2.24, 2.45) is 0 Å². The molecule has 1 aromatic heterocycles. The standard InChI is InChI=1S/C16H15N5OS/c1-13-4-2-3-5-14(13)21-11-8-19-16(21)23-12-15(22)20(9-6-17)10-7-18/h2-5,8,11H,9-10,12H2,1H3. The maximum atomic E-state index is 12.1. The van der Waals surface area contributed by atoms with Gasteiger partial charge < -0.3 is 4.90 Å². The number of carbonyl (C=O) groups excluding carboxylic acids is 1. The summed E-state index contributed by atoms with van der Waals surface area (Å²) in [6.07, 6.45) is 3.53. The molecule has 23 heavy (non-hydrogen) atoms. The van der Waals surface area contributed by atoms with Crippen LogP contribution in [0.5, 0.6) is 0 Å². The summed E-state index contributed by atoms with van der Waals surface area (Å²) in [5.41, 5.74) is 2.11. The zero-order valence-corrected chi connectivity index (χ0v) is 13.5. The van der Waals surface area contributed by atoms with Gasteiger partial charge in [-0.3, -0.25) is 9.36 Å². The fourth-order valence-corrected chi connectivity index (χ4v) is 2.90. The summed E-state index contributed by atoms with van der Waals surface area (Å²) in [5, 5.41) is 18.1. The maximum Gasteiger partial charge on any atom is 0.234 e. The van der Waals surface area contributed by atoms with Gasteiger partial charge >= 0.3 is 0 Å². The number of hydrogen-bond acceptors (Lipinski definition) is 5. The van der Waals surface area contributed by atoms with Crippen LogP contribution in [-0.4, -0.2) is 39.2 Å². The molecule has 1 heterocycles. The van der Waals surface area contributed by atoms with E-state index in [0.717, 1.165) is 11.3 Å². The molecule has 0 aliphatic rings. The summed E-state index contributed by atoms with van der Waals surface area (Å²) in [4.78, 5) is 17.6. The fraction of sp³-hybridized carbons (Fsp3) is 0.250. The highest BCUT2D eigenvalue weighted by Gasteiger charge is 2.15. The number of aromatic nitrogens is 2. The number of aryl methyl sites for hydroxylation is 1. The average Bonchev–Trinajstić information content (AvgIpc) is 3.01. The van der Waals surface area contributed by atoms with Crippen LogP contribution in [0, 0.1) is 29.6 Å². The SMILES string of the molecule is Cc1ccccc1-n1ccnc1SCC(=O)N(CC#N)CC#N. The van der Waals surface area contributed by atoms with E-state index in [4.69, 9.17) is 10.5 Å². The van der Waals surface area contributed by atoms with Crippen molar-refractivity contribution < 1.29 is 4.79 Å². The van der Waals surface area contributed by atoms with Gasteiger partial charge in [0.2, 0.25) is 5.91 Å². The Morgan fingerprint density at radius 2 is 2.00 bits per heavy atom. The molecule has 1 amide bonds. The Kier molecular flexibility index (Phi) is 5.79. The second-order valence-electron chi connectivity index (χ2n) is 4.72. The largest absolute Gasteiger partial charge is 0.315 e. The highest BCUT2D eigenvalue weighted by molar-refractivity contribution is 7.99. The van der Waals surface area contributed by atoms with E-state index in [1.807, 2.05) is 54.1 Å². The third-order valence-electron chi connectivity index (χ3n) is 3.18. The molecule has 6 nitrogen and oxygen atoms in total. The van der Waals surface area contributed by atoms with Gasteiger partial charge in [-0.2, -0.15) is 10.5 Å². The molecule has 0 saturated carbocycles. The molecule has 0 radical (unpaired) electrons. The van der Waals surface area contributed by atoms with Crippen molar-refractivity contribution in [3.05, 3.63) is 42.2 Å². The number of imidazole rings is 1. The first-order chi connectivity index (χ1) is 11.2. The minimum Gasteiger partial charge on any atom is -0.315 e. The van der Waals surface area contributed by atoms with Gasteiger partial charge in [0, 0.05) is 12.4 Å². The van der Waals surface area contributed by atoms with Crippen LogP contribution in [0.2, 0.25) is 0 Å². The second kappa shape index (κ2) is 8.02. The Morgan fingerprint density at radius 3 is 2.65 bits per heavy atom. The van der Waals surface area contributed by atoms with Crippen LogP contribution in [0.25, 0.3) is 5.69 Å². The number of rotatable bonds is 6. The van der Waals surface area contributed by atoms with Crippen molar-refractivity contribution in [2.75, 3.05) is 18.8 Å². The molecule has 0 saturated heterocycles. The molecule has 0 spiro atoms. The first-order valence-corrected chi connectivity index (χ1v) is 7.89. The minimum atomic E-state index is -0.252. The van der Waals surface area contributed by atoms with Gasteiger partial charge in [-0.25, -0.2) is 4.98 Å². The summed E-state index contributed by atoms with van der Waals surface area (Å²) in [7, 11) is 0. The first-order valence-electron chi connectivity index (χ1n) is 6.91. The van der Waals surface area contributed by atoms with Gasteiger partial charge in [0.05, 0.1) is 23.6 Å². The molecule has 116 valence electrons. The van der Waals surface area contributed by atoms with Gasteiger partial charge in [0.15, 0.2) is 5.16 Å². The van der Waals surface area contributed by atoms with Gasteiger partial charge in [0.1, 0.15) is 13.1 Å². The predicted molar refractivity (Wildman–Crippen MR) is 86.8 cm³/mol. The van der Waals surface area contributed by atoms with Crippen LogP contribution in [0.1, 0.15) is 5.56 Å². The van der Waals surface area contributed by atoms with E-state index >= 15 is 0 Å². The molecular weight excluding hydrogens is 310 g/mol. The van der Waals surface area contributed by atoms with Gasteiger partial charge in [-0.1, -0.05) is 30.0 Å². The Labute approximate surface area is 139 Å². The van der Waals surface area contributed by atoms with Gasteiger partial charge in [-0.15, -0.1) is 0 Å². The van der Waals surface area contributed by atoms with Crippen molar-refractivity contribution in [1.82, 2.24) is 14.5 Å². The Hall–Kier alpha value is -2.77. The number of amides is 1. The van der Waals surface area contributed by atoms with Crippen LogP contribution in [-0.2, 0) is 4.79 Å². The lowest BCUT2D eigenvalue weighted by atomic mass is 10.2. The lowest BCUT2D eigenvalue weighted by Gasteiger charge is -2.15. The minimum absolute atomic E-state index is 0.0841. The number of nitrogens with zero attached hydrogens (tertiary/aromatic N) is 5. The third kappa shape index (κ3) is 4.12. The summed E-state index contributed by atoms with van der Waals surface area (Å²) < 4.78 is 1.92. The van der Waals surface area contributed by atoms with E-state index in [1.54, 1.807) is 6.20 Å². The van der Waals surface area contributed by atoms with Crippen molar-refractivity contribution in [1.29, 1.82) is 10.5 Å². The van der Waals surface area contributed by atoms with E-state index in [1.165, 1.54) is 16.7 Å². The van der Waals surface area contributed by atoms with Gasteiger partial charge in [0.25, 0.3) is 0 Å². The normalized spacial score (nSPS) is 9.87. The molecule has 0 unspecified atom stereocenters. The van der Waals surface area contributed by atoms with E-state index in [2.05, 4.69) is 4.98 Å². The number of para-hydroxylation sites is 1. The molecule has 0 N–H and O–H groups in total. The average molecular weight is 325 g/mol. The van der Waals surface area contributed by atoms with Crippen LogP contribution in [0.15, 0.2) is 41.8 Å². The van der Waals surface area contributed by atoms with Crippen LogP contribution < -0.4 is 0 Å². The summed E-state index contributed by atoms with van der Waals surface area (Å²) in [6.45, 7) is 1.84. The third-order valence-corrected chi connectivity index (χ3v) is 4.13. The molecule has 0 bridgehead atoms. The van der Waals surface area contributed by atoms with Crippen molar-refractivity contribution in [2.45, 2.75) is 12.1 Å². The molecule has 0 aliphatic carbocycles. The molecule has 2 aromatic rings. The van der Waals surface area contributed by atoms with Crippen LogP contribution >= 0.6 is 11.8 Å². The summed E-state index contributed by atoms with van der Waals surface area (Å²) in [5.74, 6) is -0.121. The predicted octanol–water partition coefficient (Wildman–Crippen LogP) is 2.15. The number of benzene rings is 1. The summed E-state index contributed by atoms with van der Waals surface area (Å²) >= 11 is 1.29. The molecule has 0 fully saturated rings. The Balaban J connectivity index is 2.10. The summed E-state index contributed by atoms with van der Waals surface area (Å²) in [6, 6.07) is 11.7. The number of carbonyl (C=O) groups is 1. The Bertz CT molecular complexity index is 755. The van der Waals surface area contributed by atoms with E-state index in [0.29, 0.717) is 5.16 Å². The lowest BCUT2D eigenvalue weighted by Crippen LogP contribution is -2.33. The quantitative estimate of drug-likeness (QED) is 0.600. The monoisotopic (exact) mass is 325 g/mol. The zero-order chi connectivity index (χ0) is 16.7. The zero-order valence-electron chi connectivity index (χ0n) is 12.6. The van der Waals surface area contributed by atoms with Gasteiger partial charge in [-0.05, 0) is 18.6 Å². The Morgan fingerprint density at radius 1 is 1.30 bits per heavy atom. The molecule has 2 rings (SSSR count). The van der Waals surface area contributed by atoms with Crippen LogP contribution in [0.3, 0.4) is 0 Å². The number of nitriles is 2. The molecular formula is C16H15N5OS. The number of hydrogen-bond donors (Lipinski definition) is 0. The van der Waals surface area contributed by atoms with Crippen molar-refractivity contribution >= 4 is 17.7 Å². The molecule has 7 heteroatoms. The lowest BCUT2D eigenvalue weighted by molar-refractivity contribution is -0.127. The molecule has 0 atom stereocenters. The highest BCUT2D eigenvalue weighted by Crippen LogP contribution is 2.22. The fourth-order valence-electron chi connectivity index (χ4n) is 2.03. The van der Waals surface area contributed by atoms with Crippen molar-refractivity contribution in [3.63, 3.8) is 0 Å². The second-order valence-corrected chi connectivity index (χ2v) is 5.66. The van der Waals surface area contributed by atoms with E-state index < -0.39 is 0 Å². The van der Waals surface area contributed by atoms with Crippen LogP contribution in [0.4, 0.5) is 0 Å². The van der Waals surface area contributed by atoms with E-state index in [9.17, 15) is 4.79 Å². The number of thioether (sulfide) groups is 1.